The number of carbonyl (C=O) groups is 1. The second kappa shape index (κ2) is 9.57. The van der Waals surface area contributed by atoms with Gasteiger partial charge < -0.3 is 20.5 Å². The molecule has 2 aromatic rings. The quantitative estimate of drug-likeness (QED) is 0.644. The van der Waals surface area contributed by atoms with Crippen LogP contribution in [0.1, 0.15) is 24.5 Å². The van der Waals surface area contributed by atoms with Crippen LogP contribution in [0, 0.1) is 6.92 Å². The van der Waals surface area contributed by atoms with Crippen LogP contribution in [-0.4, -0.2) is 30.3 Å². The van der Waals surface area contributed by atoms with Crippen LogP contribution in [0.5, 0.6) is 11.5 Å². The Hall–Kier alpha value is -2.69. The third-order valence-corrected chi connectivity index (χ3v) is 3.73. The lowest BCUT2D eigenvalue weighted by molar-refractivity contribution is 0.226. The zero-order valence-corrected chi connectivity index (χ0v) is 14.8. The Kier molecular flexibility index (Phi) is 7.14. The highest BCUT2D eigenvalue weighted by molar-refractivity contribution is 5.74. The summed E-state index contributed by atoms with van der Waals surface area (Å²) >= 11 is 0. The number of rotatable bonds is 8. The highest BCUT2D eigenvalue weighted by Gasteiger charge is 2.07. The summed E-state index contributed by atoms with van der Waals surface area (Å²) in [5.74, 6) is 1.08. The van der Waals surface area contributed by atoms with Gasteiger partial charge in [0.2, 0.25) is 0 Å². The Labute approximate surface area is 149 Å². The molecule has 5 heteroatoms. The predicted octanol–water partition coefficient (Wildman–Crippen LogP) is 3.40. The number of ether oxygens (including phenoxy) is 1. The lowest BCUT2D eigenvalue weighted by atomic mass is 10.1. The number of aromatic hydroxyl groups is 1. The molecule has 0 aromatic heterocycles. The molecule has 0 aliphatic heterocycles. The third kappa shape index (κ3) is 7.16. The lowest BCUT2D eigenvalue weighted by Gasteiger charge is -2.16. The summed E-state index contributed by atoms with van der Waals surface area (Å²) in [5, 5.41) is 14.9. The second-order valence-corrected chi connectivity index (χ2v) is 6.20. The van der Waals surface area contributed by atoms with Crippen LogP contribution in [0.3, 0.4) is 0 Å². The highest BCUT2D eigenvalue weighted by atomic mass is 16.5. The fourth-order valence-corrected chi connectivity index (χ4v) is 2.40. The van der Waals surface area contributed by atoms with Crippen molar-refractivity contribution in [3.63, 3.8) is 0 Å². The maximum absolute atomic E-state index is 11.9. The smallest absolute Gasteiger partial charge is 0.315 e. The molecule has 134 valence electrons. The first-order valence-electron chi connectivity index (χ1n) is 8.54. The SMILES string of the molecule is Cc1cccc(OCC(C)NC(=O)NCCCc2ccc(O)cc2)c1. The first-order valence-corrected chi connectivity index (χ1v) is 8.54. The number of phenolic OH excluding ortho intramolecular Hbond substituents is 1. The molecule has 0 aliphatic rings. The number of nitrogens with one attached hydrogen (secondary N) is 2. The van der Waals surface area contributed by atoms with Crippen LogP contribution >= 0.6 is 0 Å². The monoisotopic (exact) mass is 342 g/mol. The largest absolute Gasteiger partial charge is 0.508 e. The average Bonchev–Trinajstić information content (AvgIpc) is 2.58. The molecule has 3 N–H and O–H groups in total. The van der Waals surface area contributed by atoms with E-state index in [4.69, 9.17) is 4.74 Å². The molecule has 2 aromatic carbocycles. The van der Waals surface area contributed by atoms with Crippen LogP contribution in [0.4, 0.5) is 4.79 Å². The molecular weight excluding hydrogens is 316 g/mol. The summed E-state index contributed by atoms with van der Waals surface area (Å²) in [7, 11) is 0. The number of amides is 2. The normalized spacial score (nSPS) is 11.6. The standard InChI is InChI=1S/C20H26N2O3/c1-15-5-3-7-19(13-15)25-14-16(2)22-20(24)21-12-4-6-17-8-10-18(23)11-9-17/h3,5,7-11,13,16,23H,4,6,12,14H2,1-2H3,(H2,21,22,24). The Morgan fingerprint density at radius 3 is 2.68 bits per heavy atom. The number of hydrogen-bond acceptors (Lipinski definition) is 3. The van der Waals surface area contributed by atoms with E-state index in [0.29, 0.717) is 13.2 Å². The van der Waals surface area contributed by atoms with Gasteiger partial charge >= 0.3 is 6.03 Å². The molecule has 1 unspecified atom stereocenters. The molecule has 2 rings (SSSR count). The number of carbonyl (C=O) groups excluding carboxylic acids is 1. The summed E-state index contributed by atoms with van der Waals surface area (Å²) in [6.45, 7) is 4.94. The minimum atomic E-state index is -0.189. The molecule has 0 saturated carbocycles. The highest BCUT2D eigenvalue weighted by Crippen LogP contribution is 2.12. The van der Waals surface area contributed by atoms with Crippen LogP contribution in [0.25, 0.3) is 0 Å². The van der Waals surface area contributed by atoms with Crippen LogP contribution in [0.15, 0.2) is 48.5 Å². The number of phenols is 1. The van der Waals surface area contributed by atoms with Gasteiger partial charge in [-0.1, -0.05) is 24.3 Å². The van der Waals surface area contributed by atoms with Crippen molar-refractivity contribution in [1.82, 2.24) is 10.6 Å². The van der Waals surface area contributed by atoms with Gasteiger partial charge in [-0.15, -0.1) is 0 Å². The van der Waals surface area contributed by atoms with E-state index in [1.807, 2.05) is 50.2 Å². The number of urea groups is 1. The van der Waals surface area contributed by atoms with E-state index in [1.165, 1.54) is 0 Å². The molecule has 0 bridgehead atoms. The molecule has 2 amide bonds. The number of benzene rings is 2. The van der Waals surface area contributed by atoms with Gasteiger partial charge in [0.15, 0.2) is 0 Å². The van der Waals surface area contributed by atoms with Gasteiger partial charge in [0.05, 0.1) is 6.04 Å². The maximum atomic E-state index is 11.9. The summed E-state index contributed by atoms with van der Waals surface area (Å²) in [4.78, 5) is 11.9. The molecule has 25 heavy (non-hydrogen) atoms. The first kappa shape index (κ1) is 18.6. The van der Waals surface area contributed by atoms with E-state index >= 15 is 0 Å². The minimum absolute atomic E-state index is 0.0855. The van der Waals surface area contributed by atoms with Crippen molar-refractivity contribution in [3.05, 3.63) is 59.7 Å². The van der Waals surface area contributed by atoms with Gasteiger partial charge in [0.1, 0.15) is 18.1 Å². The van der Waals surface area contributed by atoms with E-state index < -0.39 is 0 Å². The molecule has 0 saturated heterocycles. The van der Waals surface area contributed by atoms with Crippen molar-refractivity contribution >= 4 is 6.03 Å². The van der Waals surface area contributed by atoms with Crippen LogP contribution in [-0.2, 0) is 6.42 Å². The zero-order valence-electron chi connectivity index (χ0n) is 14.8. The number of aryl methyl sites for hydroxylation is 2. The Morgan fingerprint density at radius 2 is 1.96 bits per heavy atom. The minimum Gasteiger partial charge on any atom is -0.508 e. The molecule has 0 radical (unpaired) electrons. The molecule has 0 aliphatic carbocycles. The molecular formula is C20H26N2O3. The summed E-state index contributed by atoms with van der Waals surface area (Å²) in [6, 6.07) is 14.7. The Morgan fingerprint density at radius 1 is 1.20 bits per heavy atom. The van der Waals surface area contributed by atoms with Crippen molar-refractivity contribution in [2.75, 3.05) is 13.2 Å². The van der Waals surface area contributed by atoms with E-state index in [0.717, 1.165) is 29.7 Å². The molecule has 1 atom stereocenters. The second-order valence-electron chi connectivity index (χ2n) is 6.20. The zero-order chi connectivity index (χ0) is 18.1. The van der Waals surface area contributed by atoms with E-state index in [1.54, 1.807) is 12.1 Å². The van der Waals surface area contributed by atoms with Crippen molar-refractivity contribution in [2.24, 2.45) is 0 Å². The summed E-state index contributed by atoms with van der Waals surface area (Å²) in [6.07, 6.45) is 1.69. The Bertz CT molecular complexity index is 671. The summed E-state index contributed by atoms with van der Waals surface area (Å²) < 4.78 is 5.68. The van der Waals surface area contributed by atoms with Gasteiger partial charge in [0.25, 0.3) is 0 Å². The lowest BCUT2D eigenvalue weighted by Crippen LogP contribution is -2.43. The molecule has 0 spiro atoms. The van der Waals surface area contributed by atoms with E-state index in [-0.39, 0.29) is 17.8 Å². The Balaban J connectivity index is 1.60. The van der Waals surface area contributed by atoms with Crippen molar-refractivity contribution in [2.45, 2.75) is 32.7 Å². The fraction of sp³-hybridized carbons (Fsp3) is 0.350. The van der Waals surface area contributed by atoms with E-state index in [2.05, 4.69) is 10.6 Å². The average molecular weight is 342 g/mol. The topological polar surface area (TPSA) is 70.6 Å². The predicted molar refractivity (Wildman–Crippen MR) is 99.1 cm³/mol. The van der Waals surface area contributed by atoms with Crippen molar-refractivity contribution in [1.29, 1.82) is 0 Å². The van der Waals surface area contributed by atoms with Crippen LogP contribution < -0.4 is 15.4 Å². The van der Waals surface area contributed by atoms with Crippen molar-refractivity contribution < 1.29 is 14.6 Å². The third-order valence-electron chi connectivity index (χ3n) is 3.73. The number of hydrogen-bond donors (Lipinski definition) is 3. The summed E-state index contributed by atoms with van der Waals surface area (Å²) in [5.41, 5.74) is 2.28. The molecule has 0 fully saturated rings. The van der Waals surface area contributed by atoms with Gasteiger partial charge in [-0.3, -0.25) is 0 Å². The van der Waals surface area contributed by atoms with Gasteiger partial charge in [-0.05, 0) is 62.1 Å². The molecule has 0 heterocycles. The van der Waals surface area contributed by atoms with Gasteiger partial charge in [0, 0.05) is 6.54 Å². The van der Waals surface area contributed by atoms with Crippen LogP contribution in [0.2, 0.25) is 0 Å². The first-order chi connectivity index (χ1) is 12.0. The van der Waals surface area contributed by atoms with E-state index in [9.17, 15) is 9.90 Å². The molecule has 5 nitrogen and oxygen atoms in total. The maximum Gasteiger partial charge on any atom is 0.315 e. The fourth-order valence-electron chi connectivity index (χ4n) is 2.40. The van der Waals surface area contributed by atoms with Gasteiger partial charge in [-0.2, -0.15) is 0 Å². The van der Waals surface area contributed by atoms with Gasteiger partial charge in [-0.25, -0.2) is 4.79 Å². The van der Waals surface area contributed by atoms with Crippen molar-refractivity contribution in [3.8, 4) is 11.5 Å².